The lowest BCUT2D eigenvalue weighted by Crippen LogP contribution is -2.24. The van der Waals surface area contributed by atoms with Gasteiger partial charge < -0.3 is 9.64 Å². The Balaban J connectivity index is 2.20. The number of esters is 1. The number of aryl methyl sites for hydroxylation is 2. The zero-order chi connectivity index (χ0) is 20.3. The quantitative estimate of drug-likeness (QED) is 0.333. The van der Waals surface area contributed by atoms with Crippen molar-refractivity contribution in [2.24, 2.45) is 0 Å². The van der Waals surface area contributed by atoms with Gasteiger partial charge in [-0.2, -0.15) is 0 Å². The Kier molecular flexibility index (Phi) is 5.95. The van der Waals surface area contributed by atoms with Crippen LogP contribution in [0.2, 0.25) is 0 Å². The van der Waals surface area contributed by atoms with Gasteiger partial charge in [0.25, 0.3) is 5.69 Å². The van der Waals surface area contributed by atoms with Crippen molar-refractivity contribution in [3.63, 3.8) is 0 Å². The molecule has 0 bridgehead atoms. The van der Waals surface area contributed by atoms with Gasteiger partial charge in [-0.15, -0.1) is 0 Å². The molecule has 0 heterocycles. The van der Waals surface area contributed by atoms with Gasteiger partial charge in [0, 0.05) is 25.7 Å². The summed E-state index contributed by atoms with van der Waals surface area (Å²) in [5, 5.41) is 11.2. The molecule has 1 atom stereocenters. The van der Waals surface area contributed by atoms with Crippen molar-refractivity contribution >= 4 is 23.1 Å². The molecule has 1 unspecified atom stereocenters. The third-order valence-corrected chi connectivity index (χ3v) is 4.33. The average molecular weight is 370 g/mol. The fourth-order valence-corrected chi connectivity index (χ4v) is 2.59. The number of nitro groups is 1. The zero-order valence-corrected chi connectivity index (χ0v) is 16.0. The van der Waals surface area contributed by atoms with Gasteiger partial charge in [-0.1, -0.05) is 12.1 Å². The van der Waals surface area contributed by atoms with E-state index in [4.69, 9.17) is 4.74 Å². The molecule has 0 aliphatic rings. The SMILES string of the molecule is Cc1ccc(C(=O)C(C)OC(=O)c2ccc(N(C)C)c([N+](=O)[O-])c2)cc1C. The molecule has 2 rings (SSSR count). The summed E-state index contributed by atoms with van der Waals surface area (Å²) < 4.78 is 5.23. The highest BCUT2D eigenvalue weighted by molar-refractivity contribution is 6.01. The van der Waals surface area contributed by atoms with Gasteiger partial charge in [0.05, 0.1) is 10.5 Å². The second kappa shape index (κ2) is 7.99. The summed E-state index contributed by atoms with van der Waals surface area (Å²) in [6.07, 6.45) is -1.01. The summed E-state index contributed by atoms with van der Waals surface area (Å²) >= 11 is 0. The Labute approximate surface area is 157 Å². The number of ketones is 1. The number of hydrogen-bond acceptors (Lipinski definition) is 6. The smallest absolute Gasteiger partial charge is 0.339 e. The molecule has 27 heavy (non-hydrogen) atoms. The minimum atomic E-state index is -1.01. The minimum Gasteiger partial charge on any atom is -0.451 e. The summed E-state index contributed by atoms with van der Waals surface area (Å²) in [6, 6.07) is 9.35. The van der Waals surface area contributed by atoms with Crippen LogP contribution in [0.15, 0.2) is 36.4 Å². The first-order chi connectivity index (χ1) is 12.6. The number of Topliss-reactive ketones (excluding diaryl/α,β-unsaturated/α-hetero) is 1. The summed E-state index contributed by atoms with van der Waals surface area (Å²) in [5.74, 6) is -1.11. The molecule has 0 aromatic heterocycles. The van der Waals surface area contributed by atoms with E-state index in [1.165, 1.54) is 19.1 Å². The number of ether oxygens (including phenoxy) is 1. The number of anilines is 1. The van der Waals surface area contributed by atoms with Crippen LogP contribution in [0.5, 0.6) is 0 Å². The van der Waals surface area contributed by atoms with Gasteiger partial charge >= 0.3 is 5.97 Å². The molecule has 0 aliphatic carbocycles. The second-order valence-corrected chi connectivity index (χ2v) is 6.57. The van der Waals surface area contributed by atoms with Gasteiger partial charge in [-0.25, -0.2) is 4.79 Å². The van der Waals surface area contributed by atoms with Crippen molar-refractivity contribution in [2.75, 3.05) is 19.0 Å². The van der Waals surface area contributed by atoms with Crippen LogP contribution in [0.3, 0.4) is 0 Å². The Morgan fingerprint density at radius 3 is 2.22 bits per heavy atom. The number of nitro benzene ring substituents is 1. The molecule has 0 fully saturated rings. The predicted molar refractivity (Wildman–Crippen MR) is 103 cm³/mol. The third-order valence-electron chi connectivity index (χ3n) is 4.33. The third kappa shape index (κ3) is 4.49. The molecule has 0 saturated carbocycles. The fourth-order valence-electron chi connectivity index (χ4n) is 2.59. The van der Waals surface area contributed by atoms with E-state index in [0.29, 0.717) is 11.3 Å². The van der Waals surface area contributed by atoms with Crippen molar-refractivity contribution in [2.45, 2.75) is 26.9 Å². The van der Waals surface area contributed by atoms with Crippen molar-refractivity contribution < 1.29 is 19.2 Å². The molecule has 142 valence electrons. The Morgan fingerprint density at radius 1 is 1.04 bits per heavy atom. The maximum absolute atomic E-state index is 12.5. The van der Waals surface area contributed by atoms with E-state index in [0.717, 1.165) is 17.2 Å². The Morgan fingerprint density at radius 2 is 1.67 bits per heavy atom. The highest BCUT2D eigenvalue weighted by atomic mass is 16.6. The minimum absolute atomic E-state index is 0.0204. The molecule has 2 aromatic carbocycles. The molecule has 0 saturated heterocycles. The van der Waals surface area contributed by atoms with Crippen LogP contribution in [0.1, 0.15) is 38.8 Å². The number of carbonyl (C=O) groups excluding carboxylic acids is 2. The van der Waals surface area contributed by atoms with Gasteiger partial charge in [-0.3, -0.25) is 14.9 Å². The highest BCUT2D eigenvalue weighted by Gasteiger charge is 2.23. The van der Waals surface area contributed by atoms with E-state index in [2.05, 4.69) is 0 Å². The largest absolute Gasteiger partial charge is 0.451 e. The topological polar surface area (TPSA) is 89.8 Å². The highest BCUT2D eigenvalue weighted by Crippen LogP contribution is 2.28. The number of rotatable bonds is 6. The summed E-state index contributed by atoms with van der Waals surface area (Å²) in [4.78, 5) is 37.1. The molecule has 7 nitrogen and oxygen atoms in total. The maximum atomic E-state index is 12.5. The molecule has 0 aliphatic heterocycles. The van der Waals surface area contributed by atoms with Gasteiger partial charge in [0.1, 0.15) is 5.69 Å². The first kappa shape index (κ1) is 20.1. The molecule has 2 aromatic rings. The number of carbonyl (C=O) groups is 2. The van der Waals surface area contributed by atoms with Gasteiger partial charge in [0.15, 0.2) is 6.10 Å². The van der Waals surface area contributed by atoms with Crippen LogP contribution in [-0.4, -0.2) is 36.9 Å². The van der Waals surface area contributed by atoms with Crippen LogP contribution >= 0.6 is 0 Å². The second-order valence-electron chi connectivity index (χ2n) is 6.57. The van der Waals surface area contributed by atoms with E-state index >= 15 is 0 Å². The summed E-state index contributed by atoms with van der Waals surface area (Å²) in [6.45, 7) is 5.32. The lowest BCUT2D eigenvalue weighted by molar-refractivity contribution is -0.384. The van der Waals surface area contributed by atoms with Crippen LogP contribution in [0.25, 0.3) is 0 Å². The van der Waals surface area contributed by atoms with E-state index < -0.39 is 17.0 Å². The van der Waals surface area contributed by atoms with Crippen LogP contribution in [0, 0.1) is 24.0 Å². The first-order valence-electron chi connectivity index (χ1n) is 8.40. The maximum Gasteiger partial charge on any atom is 0.339 e. The predicted octanol–water partition coefficient (Wildman–Crippen LogP) is 3.71. The molecule has 0 amide bonds. The van der Waals surface area contributed by atoms with Crippen molar-refractivity contribution in [3.05, 3.63) is 68.8 Å². The van der Waals surface area contributed by atoms with Crippen molar-refractivity contribution in [1.82, 2.24) is 0 Å². The first-order valence-corrected chi connectivity index (χ1v) is 8.40. The lowest BCUT2D eigenvalue weighted by Gasteiger charge is -2.15. The normalized spacial score (nSPS) is 11.6. The average Bonchev–Trinajstić information content (AvgIpc) is 2.62. The molecular formula is C20H22N2O5. The van der Waals surface area contributed by atoms with Crippen LogP contribution in [-0.2, 0) is 4.74 Å². The van der Waals surface area contributed by atoms with Gasteiger partial charge in [0.2, 0.25) is 5.78 Å². The van der Waals surface area contributed by atoms with Gasteiger partial charge in [-0.05, 0) is 50.1 Å². The lowest BCUT2D eigenvalue weighted by atomic mass is 10.0. The number of benzene rings is 2. The Bertz CT molecular complexity index is 905. The Hall–Kier alpha value is -3.22. The van der Waals surface area contributed by atoms with E-state index in [-0.39, 0.29) is 17.0 Å². The monoisotopic (exact) mass is 370 g/mol. The zero-order valence-electron chi connectivity index (χ0n) is 16.0. The number of nitrogens with zero attached hydrogens (tertiary/aromatic N) is 2. The molecule has 0 radical (unpaired) electrons. The fraction of sp³-hybridized carbons (Fsp3) is 0.300. The van der Waals surface area contributed by atoms with Crippen molar-refractivity contribution in [3.8, 4) is 0 Å². The van der Waals surface area contributed by atoms with E-state index in [9.17, 15) is 19.7 Å². The number of hydrogen-bond donors (Lipinski definition) is 0. The van der Waals surface area contributed by atoms with E-state index in [1.807, 2.05) is 19.9 Å². The van der Waals surface area contributed by atoms with Crippen LogP contribution < -0.4 is 4.90 Å². The van der Waals surface area contributed by atoms with Crippen molar-refractivity contribution in [1.29, 1.82) is 0 Å². The molecule has 0 spiro atoms. The van der Waals surface area contributed by atoms with E-state index in [1.54, 1.807) is 31.1 Å². The van der Waals surface area contributed by atoms with Crippen LogP contribution in [0.4, 0.5) is 11.4 Å². The molecule has 7 heteroatoms. The summed E-state index contributed by atoms with van der Waals surface area (Å²) in [5.41, 5.74) is 2.66. The molecular weight excluding hydrogens is 348 g/mol. The molecule has 0 N–H and O–H groups in total. The standard InChI is InChI=1S/C20H22N2O5/c1-12-6-7-15(10-13(12)2)19(23)14(3)27-20(24)16-8-9-17(21(4)5)18(11-16)22(25)26/h6-11,14H,1-5H3. The summed E-state index contributed by atoms with van der Waals surface area (Å²) in [7, 11) is 3.34.